The molecule has 1 saturated carbocycles. The number of carbonyl (C=O) groups excluding carboxylic acids is 1. The number of likely N-dealkylation sites (tertiary alicyclic amines) is 1. The number of nitrogens with zero attached hydrogens (tertiary/aromatic N) is 3. The molecule has 6 heteroatoms. The Morgan fingerprint density at radius 3 is 2.97 bits per heavy atom. The van der Waals surface area contributed by atoms with Crippen LogP contribution >= 0.6 is 0 Å². The van der Waals surface area contributed by atoms with E-state index in [2.05, 4.69) is 33.4 Å². The number of hydrogen-bond acceptors (Lipinski definition) is 6. The Hall–Kier alpha value is -2.47. The van der Waals surface area contributed by atoms with Gasteiger partial charge in [-0.05, 0) is 88.4 Å². The molecule has 188 valence electrons. The first-order chi connectivity index (χ1) is 17.2. The van der Waals surface area contributed by atoms with Crippen LogP contribution in [0.5, 0.6) is 0 Å². The molecule has 1 unspecified atom stereocenters. The zero-order chi connectivity index (χ0) is 24.0. The number of esters is 1. The highest BCUT2D eigenvalue weighted by Gasteiger charge is 2.38. The lowest BCUT2D eigenvalue weighted by atomic mass is 9.99. The van der Waals surface area contributed by atoms with Gasteiger partial charge in [-0.1, -0.05) is 25.0 Å². The summed E-state index contributed by atoms with van der Waals surface area (Å²) in [6, 6.07) is 8.22. The van der Waals surface area contributed by atoms with E-state index < -0.39 is 0 Å². The quantitative estimate of drug-likeness (QED) is 0.344. The van der Waals surface area contributed by atoms with Gasteiger partial charge in [0.1, 0.15) is 11.9 Å². The van der Waals surface area contributed by atoms with Crippen molar-refractivity contribution in [2.24, 2.45) is 5.92 Å². The second-order valence-corrected chi connectivity index (χ2v) is 10.5. The van der Waals surface area contributed by atoms with Gasteiger partial charge < -0.3 is 10.1 Å². The number of carbonyl (C=O) groups is 1. The summed E-state index contributed by atoms with van der Waals surface area (Å²) in [5, 5.41) is 3.44. The topological polar surface area (TPSA) is 67.3 Å². The van der Waals surface area contributed by atoms with E-state index in [1.165, 1.54) is 56.2 Å². The molecule has 0 spiro atoms. The molecule has 6 nitrogen and oxygen atoms in total. The number of aryl methyl sites for hydroxylation is 2. The Balaban J connectivity index is 1.11. The molecule has 0 amide bonds. The molecule has 1 N–H and O–H groups in total. The van der Waals surface area contributed by atoms with Crippen LogP contribution in [0.25, 0.3) is 0 Å². The maximum absolute atomic E-state index is 13.1. The molecule has 2 aliphatic heterocycles. The molecule has 3 aliphatic rings. The van der Waals surface area contributed by atoms with Crippen LogP contribution in [0.4, 0.5) is 5.82 Å². The number of anilines is 1. The Labute approximate surface area is 209 Å². The first-order valence-corrected chi connectivity index (χ1v) is 13.8. The fourth-order valence-electron chi connectivity index (χ4n) is 5.81. The number of fused-ring (bicyclic) bond motifs is 1. The fourth-order valence-corrected chi connectivity index (χ4v) is 5.81. The highest BCUT2D eigenvalue weighted by molar-refractivity contribution is 5.78. The summed E-state index contributed by atoms with van der Waals surface area (Å²) >= 11 is 0. The molecule has 2 aromatic heterocycles. The van der Waals surface area contributed by atoms with Gasteiger partial charge in [0.15, 0.2) is 0 Å². The lowest BCUT2D eigenvalue weighted by Crippen LogP contribution is -2.34. The molecule has 35 heavy (non-hydrogen) atoms. The van der Waals surface area contributed by atoms with E-state index in [4.69, 9.17) is 9.72 Å². The van der Waals surface area contributed by atoms with Crippen LogP contribution in [0.3, 0.4) is 0 Å². The van der Waals surface area contributed by atoms with Gasteiger partial charge in [-0.3, -0.25) is 9.88 Å². The summed E-state index contributed by atoms with van der Waals surface area (Å²) in [7, 11) is 0. The van der Waals surface area contributed by atoms with Crippen molar-refractivity contribution in [1.29, 1.82) is 0 Å². The average Bonchev–Trinajstić information content (AvgIpc) is 3.63. The molecular formula is C29H40N4O2. The van der Waals surface area contributed by atoms with Gasteiger partial charge in [0.25, 0.3) is 0 Å². The van der Waals surface area contributed by atoms with Crippen molar-refractivity contribution in [3.63, 3.8) is 0 Å². The second kappa shape index (κ2) is 11.5. The minimum atomic E-state index is -0.312. The molecule has 0 aromatic carbocycles. The Bertz CT molecular complexity index is 1010. The van der Waals surface area contributed by atoms with Crippen molar-refractivity contribution in [1.82, 2.24) is 14.9 Å². The maximum atomic E-state index is 13.1. The predicted octanol–water partition coefficient (Wildman–Crippen LogP) is 5.44. The summed E-state index contributed by atoms with van der Waals surface area (Å²) in [6.07, 6.45) is 13.7. The molecule has 5 rings (SSSR count). The SMILES string of the molecule is CCOC(=O)C(c1cccnc1C1CC1)N1CC[C@@H](CCCCCc2ccc3c(n2)NCCC3)C1. The molecule has 4 heterocycles. The summed E-state index contributed by atoms with van der Waals surface area (Å²) < 4.78 is 5.53. The van der Waals surface area contributed by atoms with Gasteiger partial charge >= 0.3 is 5.97 Å². The number of pyridine rings is 2. The molecule has 0 bridgehead atoms. The third-order valence-corrected chi connectivity index (χ3v) is 7.82. The number of rotatable bonds is 11. The summed E-state index contributed by atoms with van der Waals surface area (Å²) in [5.74, 6) is 2.16. The van der Waals surface area contributed by atoms with Crippen molar-refractivity contribution < 1.29 is 9.53 Å². The number of hydrogen-bond donors (Lipinski definition) is 1. The lowest BCUT2D eigenvalue weighted by Gasteiger charge is -2.28. The summed E-state index contributed by atoms with van der Waals surface area (Å²) in [4.78, 5) is 24.9. The van der Waals surface area contributed by atoms with Gasteiger partial charge in [0.2, 0.25) is 0 Å². The van der Waals surface area contributed by atoms with Crippen LogP contribution < -0.4 is 5.32 Å². The number of unbranched alkanes of at least 4 members (excludes halogenated alkanes) is 2. The van der Waals surface area contributed by atoms with E-state index in [0.717, 1.165) is 56.0 Å². The largest absolute Gasteiger partial charge is 0.465 e. The minimum absolute atomic E-state index is 0.116. The maximum Gasteiger partial charge on any atom is 0.328 e. The van der Waals surface area contributed by atoms with Crippen molar-refractivity contribution in [3.8, 4) is 0 Å². The minimum Gasteiger partial charge on any atom is -0.465 e. The Morgan fingerprint density at radius 1 is 1.20 bits per heavy atom. The first kappa shape index (κ1) is 24.2. The molecule has 1 saturated heterocycles. The Morgan fingerprint density at radius 2 is 2.11 bits per heavy atom. The van der Waals surface area contributed by atoms with Gasteiger partial charge in [-0.2, -0.15) is 0 Å². The fraction of sp³-hybridized carbons (Fsp3) is 0.621. The van der Waals surface area contributed by atoms with Crippen molar-refractivity contribution in [2.45, 2.75) is 83.1 Å². The van der Waals surface area contributed by atoms with Crippen LogP contribution in [0.2, 0.25) is 0 Å². The average molecular weight is 477 g/mol. The van der Waals surface area contributed by atoms with Crippen molar-refractivity contribution >= 4 is 11.8 Å². The first-order valence-electron chi connectivity index (χ1n) is 13.8. The predicted molar refractivity (Wildman–Crippen MR) is 138 cm³/mol. The molecule has 0 radical (unpaired) electrons. The third-order valence-electron chi connectivity index (χ3n) is 7.82. The summed E-state index contributed by atoms with van der Waals surface area (Å²) in [5.41, 5.74) is 4.76. The van der Waals surface area contributed by atoms with Crippen molar-refractivity contribution in [2.75, 3.05) is 31.6 Å². The van der Waals surface area contributed by atoms with E-state index in [1.54, 1.807) is 0 Å². The van der Waals surface area contributed by atoms with E-state index in [-0.39, 0.29) is 12.0 Å². The number of nitrogens with one attached hydrogen (secondary N) is 1. The number of ether oxygens (including phenoxy) is 1. The highest BCUT2D eigenvalue weighted by atomic mass is 16.5. The van der Waals surface area contributed by atoms with Gasteiger partial charge in [0, 0.05) is 42.2 Å². The third kappa shape index (κ3) is 6.03. The van der Waals surface area contributed by atoms with E-state index in [1.807, 2.05) is 19.2 Å². The standard InChI is InChI=1S/C29H40N4O2/c1-2-35-29(34)27(25-11-7-17-30-26(25)22-12-13-22)33-19-16-21(20-33)8-4-3-5-10-24-15-14-23-9-6-18-31-28(23)32-24/h7,11,14-15,17,21-22,27H,2-6,8-10,12-13,16,18-20H2,1H3,(H,31,32)/t21-,27?/m1/s1. The van der Waals surface area contributed by atoms with E-state index in [9.17, 15) is 4.79 Å². The van der Waals surface area contributed by atoms with E-state index >= 15 is 0 Å². The zero-order valence-electron chi connectivity index (χ0n) is 21.2. The van der Waals surface area contributed by atoms with Crippen molar-refractivity contribution in [3.05, 3.63) is 53.0 Å². The Kier molecular flexibility index (Phi) is 7.97. The van der Waals surface area contributed by atoms with E-state index in [0.29, 0.717) is 18.4 Å². The van der Waals surface area contributed by atoms with Gasteiger partial charge in [-0.25, -0.2) is 9.78 Å². The molecule has 2 fully saturated rings. The monoisotopic (exact) mass is 476 g/mol. The number of aromatic nitrogens is 2. The highest BCUT2D eigenvalue weighted by Crippen LogP contribution is 2.43. The van der Waals surface area contributed by atoms with Crippen LogP contribution in [0.15, 0.2) is 30.5 Å². The van der Waals surface area contributed by atoms with Crippen LogP contribution in [0, 0.1) is 5.92 Å². The lowest BCUT2D eigenvalue weighted by molar-refractivity contribution is -0.149. The molecule has 1 aliphatic carbocycles. The molecular weight excluding hydrogens is 436 g/mol. The normalized spacial score (nSPS) is 20.8. The zero-order valence-corrected chi connectivity index (χ0v) is 21.2. The summed E-state index contributed by atoms with van der Waals surface area (Å²) in [6.45, 7) is 5.28. The molecule has 2 atom stereocenters. The molecule has 2 aromatic rings. The van der Waals surface area contributed by atoms with Crippen LogP contribution in [-0.2, 0) is 22.4 Å². The van der Waals surface area contributed by atoms with Crippen LogP contribution in [0.1, 0.15) is 92.8 Å². The van der Waals surface area contributed by atoms with Gasteiger partial charge in [0.05, 0.1) is 6.61 Å². The van der Waals surface area contributed by atoms with Gasteiger partial charge in [-0.15, -0.1) is 0 Å². The smallest absolute Gasteiger partial charge is 0.328 e. The second-order valence-electron chi connectivity index (χ2n) is 10.5. The van der Waals surface area contributed by atoms with Crippen LogP contribution in [-0.4, -0.2) is 47.1 Å².